The highest BCUT2D eigenvalue weighted by Crippen LogP contribution is 2.08. The summed E-state index contributed by atoms with van der Waals surface area (Å²) in [5.74, 6) is 0.243. The number of amidine groups is 1. The largest absolute Gasteiger partial charge is 0.409 e. The lowest BCUT2D eigenvalue weighted by Crippen LogP contribution is -2.52. The second-order valence-corrected chi connectivity index (χ2v) is 4.57. The van der Waals surface area contributed by atoms with Gasteiger partial charge in [0.05, 0.1) is 6.04 Å². The van der Waals surface area contributed by atoms with Gasteiger partial charge in [0.25, 0.3) is 0 Å². The number of rotatable bonds is 6. The van der Waals surface area contributed by atoms with Crippen molar-refractivity contribution in [2.45, 2.75) is 38.8 Å². The van der Waals surface area contributed by atoms with Crippen LogP contribution >= 0.6 is 0 Å². The molecule has 0 aliphatic carbocycles. The minimum atomic E-state index is -0.0609. The van der Waals surface area contributed by atoms with E-state index >= 15 is 0 Å². The fraction of sp³-hybridized carbons (Fsp3) is 0.900. The van der Waals surface area contributed by atoms with Crippen molar-refractivity contribution in [1.29, 1.82) is 0 Å². The minimum Gasteiger partial charge on any atom is -0.409 e. The maximum atomic E-state index is 8.59. The molecule has 4 N–H and O–H groups in total. The van der Waals surface area contributed by atoms with Gasteiger partial charge in [-0.05, 0) is 34.4 Å². The molecule has 15 heavy (non-hydrogen) atoms. The quantitative estimate of drug-likeness (QED) is 0.261. The van der Waals surface area contributed by atoms with E-state index in [-0.39, 0.29) is 17.4 Å². The Labute approximate surface area is 92.3 Å². The highest BCUT2D eigenvalue weighted by Gasteiger charge is 2.22. The van der Waals surface area contributed by atoms with Gasteiger partial charge >= 0.3 is 0 Å². The average Bonchev–Trinajstić information content (AvgIpc) is 2.17. The predicted octanol–water partition coefficient (Wildman–Crippen LogP) is 0.441. The topological polar surface area (TPSA) is 73.9 Å². The number of nitrogens with two attached hydrogens (primary N) is 1. The average molecular weight is 216 g/mol. The van der Waals surface area contributed by atoms with Gasteiger partial charge in [0.2, 0.25) is 0 Å². The van der Waals surface area contributed by atoms with Crippen molar-refractivity contribution in [1.82, 2.24) is 10.2 Å². The lowest BCUT2D eigenvalue weighted by Gasteiger charge is -2.34. The van der Waals surface area contributed by atoms with Crippen LogP contribution in [0.15, 0.2) is 5.16 Å². The summed E-state index contributed by atoms with van der Waals surface area (Å²) in [4.78, 5) is 2.14. The number of oxime groups is 1. The monoisotopic (exact) mass is 216 g/mol. The Balaban J connectivity index is 4.24. The third-order valence-corrected chi connectivity index (χ3v) is 2.87. The SMILES string of the molecule is CCC(NCC(C)(C)N(C)C)C(N)=NO. The molecule has 0 aromatic rings. The van der Waals surface area contributed by atoms with Crippen LogP contribution in [0.3, 0.4) is 0 Å². The van der Waals surface area contributed by atoms with Crippen LogP contribution in [0.4, 0.5) is 0 Å². The molecule has 90 valence electrons. The zero-order valence-electron chi connectivity index (χ0n) is 10.4. The van der Waals surface area contributed by atoms with Crippen LogP contribution in [0.5, 0.6) is 0 Å². The predicted molar refractivity (Wildman–Crippen MR) is 63.3 cm³/mol. The second-order valence-electron chi connectivity index (χ2n) is 4.57. The zero-order chi connectivity index (χ0) is 12.1. The van der Waals surface area contributed by atoms with E-state index in [2.05, 4.69) is 29.2 Å². The van der Waals surface area contributed by atoms with Gasteiger partial charge in [-0.15, -0.1) is 0 Å². The van der Waals surface area contributed by atoms with Gasteiger partial charge < -0.3 is 21.2 Å². The van der Waals surface area contributed by atoms with E-state index in [0.717, 1.165) is 13.0 Å². The van der Waals surface area contributed by atoms with E-state index < -0.39 is 0 Å². The van der Waals surface area contributed by atoms with Crippen molar-refractivity contribution in [3.05, 3.63) is 0 Å². The fourth-order valence-electron chi connectivity index (χ4n) is 1.06. The van der Waals surface area contributed by atoms with Crippen LogP contribution in [0.25, 0.3) is 0 Å². The molecular weight excluding hydrogens is 192 g/mol. The van der Waals surface area contributed by atoms with Gasteiger partial charge in [-0.1, -0.05) is 12.1 Å². The molecule has 0 saturated heterocycles. The molecule has 0 rings (SSSR count). The van der Waals surface area contributed by atoms with Gasteiger partial charge in [0, 0.05) is 12.1 Å². The highest BCUT2D eigenvalue weighted by atomic mass is 16.4. The summed E-state index contributed by atoms with van der Waals surface area (Å²) in [6, 6.07) is -0.0609. The molecule has 5 heteroatoms. The van der Waals surface area contributed by atoms with Crippen LogP contribution in [-0.4, -0.2) is 48.2 Å². The molecule has 5 nitrogen and oxygen atoms in total. The molecule has 0 radical (unpaired) electrons. The summed E-state index contributed by atoms with van der Waals surface area (Å²) in [7, 11) is 4.07. The number of hydrogen-bond donors (Lipinski definition) is 3. The maximum Gasteiger partial charge on any atom is 0.156 e. The van der Waals surface area contributed by atoms with Crippen LogP contribution in [0.2, 0.25) is 0 Å². The van der Waals surface area contributed by atoms with Gasteiger partial charge in [0.15, 0.2) is 5.84 Å². The lowest BCUT2D eigenvalue weighted by atomic mass is 10.0. The molecule has 0 aliphatic heterocycles. The van der Waals surface area contributed by atoms with Gasteiger partial charge in [-0.2, -0.15) is 0 Å². The van der Waals surface area contributed by atoms with Crippen molar-refractivity contribution >= 4 is 5.84 Å². The van der Waals surface area contributed by atoms with Crippen LogP contribution in [0.1, 0.15) is 27.2 Å². The molecule has 0 saturated carbocycles. The molecule has 0 aromatic carbocycles. The summed E-state index contributed by atoms with van der Waals surface area (Å²) < 4.78 is 0. The van der Waals surface area contributed by atoms with Crippen molar-refractivity contribution in [2.24, 2.45) is 10.9 Å². The van der Waals surface area contributed by atoms with Gasteiger partial charge in [0.1, 0.15) is 0 Å². The smallest absolute Gasteiger partial charge is 0.156 e. The number of likely N-dealkylation sites (N-methyl/N-ethyl adjacent to an activating group) is 1. The molecule has 1 unspecified atom stereocenters. The number of nitrogens with zero attached hydrogens (tertiary/aromatic N) is 2. The van der Waals surface area contributed by atoms with E-state index in [4.69, 9.17) is 10.9 Å². The van der Waals surface area contributed by atoms with Gasteiger partial charge in [-0.25, -0.2) is 0 Å². The van der Waals surface area contributed by atoms with E-state index in [0.29, 0.717) is 0 Å². The summed E-state index contributed by atoms with van der Waals surface area (Å²) >= 11 is 0. The Hall–Kier alpha value is -0.810. The van der Waals surface area contributed by atoms with E-state index in [1.165, 1.54) is 0 Å². The molecule has 0 aliphatic rings. The van der Waals surface area contributed by atoms with Crippen molar-refractivity contribution in [3.63, 3.8) is 0 Å². The van der Waals surface area contributed by atoms with E-state index in [1.54, 1.807) is 0 Å². The first-order chi connectivity index (χ1) is 6.85. The Morgan fingerprint density at radius 3 is 2.40 bits per heavy atom. The summed E-state index contributed by atoms with van der Waals surface area (Å²) in [5.41, 5.74) is 5.60. The molecular formula is C10H24N4O. The van der Waals surface area contributed by atoms with Crippen LogP contribution in [0, 0.1) is 0 Å². The summed E-state index contributed by atoms with van der Waals surface area (Å²) in [6.07, 6.45) is 0.805. The maximum absolute atomic E-state index is 8.59. The first-order valence-electron chi connectivity index (χ1n) is 5.23. The van der Waals surface area contributed by atoms with Crippen molar-refractivity contribution < 1.29 is 5.21 Å². The highest BCUT2D eigenvalue weighted by molar-refractivity contribution is 5.85. The molecule has 0 amide bonds. The standard InChI is InChI=1S/C10H24N4O/c1-6-8(9(11)13-15)12-7-10(2,3)14(4)5/h8,12,15H,6-7H2,1-5H3,(H2,11,13). The van der Waals surface area contributed by atoms with E-state index in [9.17, 15) is 0 Å². The Morgan fingerprint density at radius 2 is 2.07 bits per heavy atom. The van der Waals surface area contributed by atoms with Crippen LogP contribution < -0.4 is 11.1 Å². The Bertz CT molecular complexity index is 213. The minimum absolute atomic E-state index is 0.0448. The fourth-order valence-corrected chi connectivity index (χ4v) is 1.06. The lowest BCUT2D eigenvalue weighted by molar-refractivity contribution is 0.187. The van der Waals surface area contributed by atoms with Crippen LogP contribution in [-0.2, 0) is 0 Å². The second kappa shape index (κ2) is 5.92. The molecule has 1 atom stereocenters. The molecule has 0 heterocycles. The van der Waals surface area contributed by atoms with E-state index in [1.807, 2.05) is 21.0 Å². The van der Waals surface area contributed by atoms with Crippen molar-refractivity contribution in [2.75, 3.05) is 20.6 Å². The normalized spacial score (nSPS) is 15.7. The Kier molecular flexibility index (Phi) is 5.60. The number of nitrogens with one attached hydrogen (secondary N) is 1. The van der Waals surface area contributed by atoms with Crippen molar-refractivity contribution in [3.8, 4) is 0 Å². The molecule has 0 spiro atoms. The molecule has 0 aromatic heterocycles. The summed E-state index contributed by atoms with van der Waals surface area (Å²) in [6.45, 7) is 7.06. The first-order valence-corrected chi connectivity index (χ1v) is 5.23. The van der Waals surface area contributed by atoms with Gasteiger partial charge in [-0.3, -0.25) is 0 Å². The summed E-state index contributed by atoms with van der Waals surface area (Å²) in [5, 5.41) is 14.9. The zero-order valence-corrected chi connectivity index (χ0v) is 10.4. The third kappa shape index (κ3) is 4.48. The number of hydrogen-bond acceptors (Lipinski definition) is 4. The third-order valence-electron chi connectivity index (χ3n) is 2.87. The molecule has 0 bridgehead atoms. The Morgan fingerprint density at radius 1 is 1.53 bits per heavy atom. The first kappa shape index (κ1) is 14.2. The molecule has 0 fully saturated rings.